The molecule has 18 heavy (non-hydrogen) atoms. The van der Waals surface area contributed by atoms with Gasteiger partial charge in [-0.1, -0.05) is 12.1 Å². The van der Waals surface area contributed by atoms with E-state index in [4.69, 9.17) is 5.73 Å². The number of aryl methyl sites for hydroxylation is 2. The molecule has 4 heteroatoms. The van der Waals surface area contributed by atoms with Gasteiger partial charge in [-0.25, -0.2) is 8.78 Å². The second kappa shape index (κ2) is 4.82. The Hall–Kier alpha value is -1.81. The first-order valence-corrected chi connectivity index (χ1v) is 5.62. The second-order valence-corrected chi connectivity index (χ2v) is 4.36. The number of pyridine rings is 1. The van der Waals surface area contributed by atoms with Gasteiger partial charge in [0.25, 0.3) is 0 Å². The first-order chi connectivity index (χ1) is 8.49. The van der Waals surface area contributed by atoms with Crippen molar-refractivity contribution < 1.29 is 8.78 Å². The molecule has 94 valence electrons. The van der Waals surface area contributed by atoms with Crippen LogP contribution in [0.2, 0.25) is 0 Å². The summed E-state index contributed by atoms with van der Waals surface area (Å²) in [6.45, 7) is 3.80. The molecule has 0 fully saturated rings. The minimum atomic E-state index is -0.689. The molecule has 0 spiro atoms. The van der Waals surface area contributed by atoms with Crippen molar-refractivity contribution in [2.24, 2.45) is 5.73 Å². The van der Waals surface area contributed by atoms with E-state index in [0.29, 0.717) is 5.69 Å². The number of hydrogen-bond acceptors (Lipinski definition) is 2. The van der Waals surface area contributed by atoms with Gasteiger partial charge in [-0.15, -0.1) is 0 Å². The van der Waals surface area contributed by atoms with Crippen LogP contribution in [0.5, 0.6) is 0 Å². The molecular formula is C14H14F2N2. The number of nitrogens with zero attached hydrogens (tertiary/aromatic N) is 1. The van der Waals surface area contributed by atoms with E-state index in [-0.39, 0.29) is 5.56 Å². The van der Waals surface area contributed by atoms with Gasteiger partial charge in [-0.05, 0) is 31.0 Å². The molecule has 2 rings (SSSR count). The fourth-order valence-corrected chi connectivity index (χ4v) is 1.95. The van der Waals surface area contributed by atoms with Crippen molar-refractivity contribution in [3.05, 3.63) is 64.5 Å². The Labute approximate surface area is 104 Å². The van der Waals surface area contributed by atoms with Crippen LogP contribution in [0.4, 0.5) is 8.78 Å². The van der Waals surface area contributed by atoms with Crippen LogP contribution in [0.3, 0.4) is 0 Å². The molecule has 0 aliphatic heterocycles. The van der Waals surface area contributed by atoms with E-state index in [0.717, 1.165) is 17.2 Å². The molecule has 0 saturated carbocycles. The molecule has 0 aliphatic carbocycles. The molecular weight excluding hydrogens is 234 g/mol. The predicted octanol–water partition coefficient (Wildman–Crippen LogP) is 3.02. The molecule has 0 radical (unpaired) electrons. The molecule has 1 atom stereocenters. The summed E-state index contributed by atoms with van der Waals surface area (Å²) in [6, 6.07) is 4.63. The Morgan fingerprint density at radius 2 is 1.89 bits per heavy atom. The van der Waals surface area contributed by atoms with Gasteiger partial charge in [0.1, 0.15) is 11.6 Å². The zero-order chi connectivity index (χ0) is 13.3. The van der Waals surface area contributed by atoms with Crippen LogP contribution >= 0.6 is 0 Å². The van der Waals surface area contributed by atoms with E-state index in [1.54, 1.807) is 6.20 Å². The van der Waals surface area contributed by atoms with Gasteiger partial charge in [0.15, 0.2) is 0 Å². The van der Waals surface area contributed by atoms with Crippen LogP contribution in [0.25, 0.3) is 0 Å². The quantitative estimate of drug-likeness (QED) is 0.887. The van der Waals surface area contributed by atoms with Gasteiger partial charge in [0.2, 0.25) is 0 Å². The third-order valence-electron chi connectivity index (χ3n) is 2.85. The van der Waals surface area contributed by atoms with Crippen LogP contribution in [0.15, 0.2) is 30.5 Å². The zero-order valence-electron chi connectivity index (χ0n) is 10.2. The fraction of sp³-hybridized carbons (Fsp3) is 0.214. The molecule has 1 heterocycles. The van der Waals surface area contributed by atoms with Crippen molar-refractivity contribution in [3.63, 3.8) is 0 Å². The summed E-state index contributed by atoms with van der Waals surface area (Å²) < 4.78 is 26.5. The number of nitrogens with two attached hydrogens (primary N) is 1. The average molecular weight is 248 g/mol. The van der Waals surface area contributed by atoms with E-state index in [1.807, 2.05) is 19.9 Å². The number of hydrogen-bond donors (Lipinski definition) is 1. The lowest BCUT2D eigenvalue weighted by Gasteiger charge is -2.15. The van der Waals surface area contributed by atoms with Crippen molar-refractivity contribution >= 4 is 0 Å². The minimum Gasteiger partial charge on any atom is -0.319 e. The largest absolute Gasteiger partial charge is 0.319 e. The van der Waals surface area contributed by atoms with Crippen molar-refractivity contribution in [1.82, 2.24) is 4.98 Å². The molecule has 0 saturated heterocycles. The number of aromatic nitrogens is 1. The molecule has 1 aromatic carbocycles. The van der Waals surface area contributed by atoms with Gasteiger partial charge < -0.3 is 5.73 Å². The molecule has 1 aromatic heterocycles. The van der Waals surface area contributed by atoms with Crippen molar-refractivity contribution in [3.8, 4) is 0 Å². The molecule has 2 N–H and O–H groups in total. The lowest BCUT2D eigenvalue weighted by Crippen LogP contribution is -2.16. The van der Waals surface area contributed by atoms with E-state index in [9.17, 15) is 8.78 Å². The normalized spacial score (nSPS) is 12.5. The topological polar surface area (TPSA) is 38.9 Å². The highest BCUT2D eigenvalue weighted by Gasteiger charge is 2.17. The molecule has 0 amide bonds. The highest BCUT2D eigenvalue weighted by atomic mass is 19.1. The smallest absolute Gasteiger partial charge is 0.131 e. The third-order valence-corrected chi connectivity index (χ3v) is 2.85. The van der Waals surface area contributed by atoms with Gasteiger partial charge in [0.05, 0.1) is 11.7 Å². The lowest BCUT2D eigenvalue weighted by atomic mass is 9.99. The van der Waals surface area contributed by atoms with Crippen LogP contribution in [-0.4, -0.2) is 4.98 Å². The summed E-state index contributed by atoms with van der Waals surface area (Å²) in [7, 11) is 0. The summed E-state index contributed by atoms with van der Waals surface area (Å²) in [5.41, 5.74) is 8.75. The van der Waals surface area contributed by atoms with E-state index < -0.39 is 17.7 Å². The first kappa shape index (κ1) is 12.6. The van der Waals surface area contributed by atoms with Gasteiger partial charge in [0, 0.05) is 17.8 Å². The van der Waals surface area contributed by atoms with Crippen LogP contribution in [-0.2, 0) is 0 Å². The van der Waals surface area contributed by atoms with Gasteiger partial charge in [-0.3, -0.25) is 4.98 Å². The monoisotopic (exact) mass is 248 g/mol. The SMILES string of the molecule is Cc1cnc(C(N)c2ccc(F)cc2F)c(C)c1. The highest BCUT2D eigenvalue weighted by Crippen LogP contribution is 2.24. The maximum atomic E-state index is 13.6. The zero-order valence-corrected chi connectivity index (χ0v) is 10.2. The first-order valence-electron chi connectivity index (χ1n) is 5.62. The van der Waals surface area contributed by atoms with Crippen molar-refractivity contribution in [2.75, 3.05) is 0 Å². The van der Waals surface area contributed by atoms with Crippen LogP contribution < -0.4 is 5.73 Å². The van der Waals surface area contributed by atoms with Crippen LogP contribution in [0.1, 0.15) is 28.4 Å². The van der Waals surface area contributed by atoms with E-state index >= 15 is 0 Å². The molecule has 1 unspecified atom stereocenters. The minimum absolute atomic E-state index is 0.246. The fourth-order valence-electron chi connectivity index (χ4n) is 1.95. The van der Waals surface area contributed by atoms with E-state index in [1.165, 1.54) is 12.1 Å². The Bertz CT molecular complexity index is 531. The molecule has 0 bridgehead atoms. The maximum Gasteiger partial charge on any atom is 0.131 e. The predicted molar refractivity (Wildman–Crippen MR) is 66.1 cm³/mol. The summed E-state index contributed by atoms with van der Waals surface area (Å²) in [6.07, 6.45) is 1.68. The number of rotatable bonds is 2. The molecule has 2 nitrogen and oxygen atoms in total. The molecule has 0 aliphatic rings. The average Bonchev–Trinajstić information content (AvgIpc) is 2.28. The highest BCUT2D eigenvalue weighted by molar-refractivity contribution is 5.34. The summed E-state index contributed by atoms with van der Waals surface area (Å²) >= 11 is 0. The Morgan fingerprint density at radius 3 is 2.50 bits per heavy atom. The van der Waals surface area contributed by atoms with Gasteiger partial charge >= 0.3 is 0 Å². The Balaban J connectivity index is 2.44. The Morgan fingerprint density at radius 1 is 1.17 bits per heavy atom. The summed E-state index contributed by atoms with van der Waals surface area (Å²) in [5.74, 6) is -1.26. The summed E-state index contributed by atoms with van der Waals surface area (Å²) in [4.78, 5) is 4.23. The van der Waals surface area contributed by atoms with Crippen molar-refractivity contribution in [1.29, 1.82) is 0 Å². The summed E-state index contributed by atoms with van der Waals surface area (Å²) in [5, 5.41) is 0. The second-order valence-electron chi connectivity index (χ2n) is 4.36. The standard InChI is InChI=1S/C14H14F2N2/c1-8-5-9(2)14(18-7-8)13(17)11-4-3-10(15)6-12(11)16/h3-7,13H,17H2,1-2H3. The molecule has 2 aromatic rings. The lowest BCUT2D eigenvalue weighted by molar-refractivity contribution is 0.564. The number of halogens is 2. The number of benzene rings is 1. The van der Waals surface area contributed by atoms with E-state index in [2.05, 4.69) is 4.98 Å². The van der Waals surface area contributed by atoms with Crippen LogP contribution in [0, 0.1) is 25.5 Å². The maximum absolute atomic E-state index is 13.6. The van der Waals surface area contributed by atoms with Gasteiger partial charge in [-0.2, -0.15) is 0 Å². The van der Waals surface area contributed by atoms with Crippen molar-refractivity contribution in [2.45, 2.75) is 19.9 Å². The third kappa shape index (κ3) is 2.38. The Kier molecular flexibility index (Phi) is 3.39.